The van der Waals surface area contributed by atoms with E-state index in [1.165, 1.54) is 0 Å². The van der Waals surface area contributed by atoms with E-state index in [0.717, 1.165) is 11.0 Å². The molecule has 0 aliphatic heterocycles. The van der Waals surface area contributed by atoms with Crippen molar-refractivity contribution in [1.82, 2.24) is 4.98 Å². The van der Waals surface area contributed by atoms with Gasteiger partial charge in [0.1, 0.15) is 0 Å². The number of fused-ring (bicyclic) bond motifs is 2. The minimum atomic E-state index is -0.601. The van der Waals surface area contributed by atoms with E-state index in [4.69, 9.17) is 5.73 Å². The Kier molecular flexibility index (Phi) is 3.19. The molecule has 0 spiro atoms. The van der Waals surface area contributed by atoms with Crippen molar-refractivity contribution in [2.75, 3.05) is 5.32 Å². The van der Waals surface area contributed by atoms with Crippen LogP contribution in [-0.4, -0.2) is 16.9 Å². The molecule has 0 saturated heterocycles. The predicted molar refractivity (Wildman–Crippen MR) is 84.4 cm³/mol. The number of para-hydroxylation sites is 1. The van der Waals surface area contributed by atoms with Gasteiger partial charge >= 0.3 is 0 Å². The molecule has 5 heteroatoms. The number of H-pyrrole nitrogens is 1. The number of nitrogens with one attached hydrogen (secondary N) is 2. The number of aromatic amines is 1. The zero-order chi connectivity index (χ0) is 15.0. The number of carbonyl (C=O) groups excluding carboxylic acids is 1. The van der Waals surface area contributed by atoms with Gasteiger partial charge in [0.2, 0.25) is 5.91 Å². The van der Waals surface area contributed by atoms with Crippen LogP contribution in [0.2, 0.25) is 0 Å². The third-order valence-corrected chi connectivity index (χ3v) is 3.39. The summed E-state index contributed by atoms with van der Waals surface area (Å²) >= 11 is 0. The lowest BCUT2D eigenvalue weighted by molar-refractivity contribution is -0.117. The van der Waals surface area contributed by atoms with Crippen LogP contribution in [0.15, 0.2) is 47.3 Å². The van der Waals surface area contributed by atoms with Crippen LogP contribution in [0.3, 0.4) is 0 Å². The third kappa shape index (κ3) is 2.39. The van der Waals surface area contributed by atoms with E-state index in [-0.39, 0.29) is 11.3 Å². The minimum absolute atomic E-state index is 0.0590. The van der Waals surface area contributed by atoms with Crippen LogP contribution in [-0.2, 0) is 4.79 Å². The van der Waals surface area contributed by atoms with E-state index in [9.17, 15) is 9.59 Å². The number of pyridine rings is 1. The number of amides is 1. The van der Waals surface area contributed by atoms with Gasteiger partial charge in [0.05, 0.1) is 6.04 Å². The molecule has 0 radical (unpaired) electrons. The first-order valence-corrected chi connectivity index (χ1v) is 6.67. The Morgan fingerprint density at radius 3 is 2.62 bits per heavy atom. The van der Waals surface area contributed by atoms with Gasteiger partial charge in [-0.05, 0) is 37.3 Å². The molecule has 0 saturated carbocycles. The third-order valence-electron chi connectivity index (χ3n) is 3.39. The molecule has 0 aliphatic carbocycles. The van der Waals surface area contributed by atoms with Gasteiger partial charge in [-0.25, -0.2) is 0 Å². The van der Waals surface area contributed by atoms with E-state index < -0.39 is 6.04 Å². The molecule has 1 heterocycles. The Hall–Kier alpha value is -2.66. The lowest BCUT2D eigenvalue weighted by Gasteiger charge is -2.09. The van der Waals surface area contributed by atoms with E-state index in [1.54, 1.807) is 31.2 Å². The van der Waals surface area contributed by atoms with Crippen molar-refractivity contribution in [1.29, 1.82) is 0 Å². The summed E-state index contributed by atoms with van der Waals surface area (Å²) in [5.41, 5.74) is 7.55. The highest BCUT2D eigenvalue weighted by atomic mass is 16.2. The van der Waals surface area contributed by atoms with Crippen molar-refractivity contribution in [2.45, 2.75) is 13.0 Å². The van der Waals surface area contributed by atoms with Gasteiger partial charge in [0.15, 0.2) is 5.43 Å². The smallest absolute Gasteiger partial charge is 0.240 e. The number of aromatic nitrogens is 1. The molecule has 1 amide bonds. The number of nitrogens with two attached hydrogens (primary N) is 1. The van der Waals surface area contributed by atoms with Crippen molar-refractivity contribution in [3.8, 4) is 0 Å². The molecule has 2 aromatic carbocycles. The molecule has 0 fully saturated rings. The maximum Gasteiger partial charge on any atom is 0.240 e. The molecule has 1 atom stereocenters. The number of hydrogen-bond acceptors (Lipinski definition) is 3. The summed E-state index contributed by atoms with van der Waals surface area (Å²) < 4.78 is 0. The van der Waals surface area contributed by atoms with E-state index >= 15 is 0 Å². The predicted octanol–water partition coefficient (Wildman–Crippen LogP) is 1.97. The van der Waals surface area contributed by atoms with Crippen LogP contribution < -0.4 is 16.5 Å². The SMILES string of the molecule is C[C@H](N)C(=O)Nc1ccc2[nH]c3ccccc3c(=O)c2c1. The lowest BCUT2D eigenvalue weighted by atomic mass is 10.1. The number of anilines is 1. The first-order chi connectivity index (χ1) is 10.1. The molecule has 1 aromatic heterocycles. The molecule has 0 unspecified atom stereocenters. The molecule has 21 heavy (non-hydrogen) atoms. The highest BCUT2D eigenvalue weighted by Gasteiger charge is 2.09. The van der Waals surface area contributed by atoms with Gasteiger partial charge in [-0.3, -0.25) is 9.59 Å². The zero-order valence-electron chi connectivity index (χ0n) is 11.5. The summed E-state index contributed by atoms with van der Waals surface area (Å²) in [6.07, 6.45) is 0. The topological polar surface area (TPSA) is 88.0 Å². The molecule has 3 aromatic rings. The van der Waals surface area contributed by atoms with Crippen LogP contribution in [0.25, 0.3) is 21.8 Å². The maximum atomic E-state index is 12.5. The first-order valence-electron chi connectivity index (χ1n) is 6.67. The van der Waals surface area contributed by atoms with Crippen LogP contribution >= 0.6 is 0 Å². The second-order valence-corrected chi connectivity index (χ2v) is 5.04. The number of carbonyl (C=O) groups is 1. The average molecular weight is 281 g/mol. The normalized spacial score (nSPS) is 12.5. The largest absolute Gasteiger partial charge is 0.354 e. The van der Waals surface area contributed by atoms with Crippen LogP contribution in [0.5, 0.6) is 0 Å². The highest BCUT2D eigenvalue weighted by molar-refractivity contribution is 5.98. The summed E-state index contributed by atoms with van der Waals surface area (Å²) in [7, 11) is 0. The number of rotatable bonds is 2. The molecule has 0 bridgehead atoms. The first kappa shape index (κ1) is 13.3. The summed E-state index contributed by atoms with van der Waals surface area (Å²) in [6.45, 7) is 1.61. The van der Waals surface area contributed by atoms with Gasteiger partial charge < -0.3 is 16.0 Å². The zero-order valence-corrected chi connectivity index (χ0v) is 11.5. The second-order valence-electron chi connectivity index (χ2n) is 5.04. The Morgan fingerprint density at radius 1 is 1.14 bits per heavy atom. The van der Waals surface area contributed by atoms with Crippen molar-refractivity contribution in [3.63, 3.8) is 0 Å². The highest BCUT2D eigenvalue weighted by Crippen LogP contribution is 2.18. The monoisotopic (exact) mass is 281 g/mol. The molecule has 3 rings (SSSR count). The standard InChI is InChI=1S/C16H15N3O2/c1-9(17)16(21)18-10-6-7-14-12(8-10)15(20)11-4-2-3-5-13(11)19-14/h2-9H,17H2,1H3,(H,18,21)(H,19,20)/t9-/m0/s1. The quantitative estimate of drug-likeness (QED) is 0.627. The molecule has 5 nitrogen and oxygen atoms in total. The summed E-state index contributed by atoms with van der Waals surface area (Å²) in [6, 6.07) is 11.9. The van der Waals surface area contributed by atoms with Gasteiger partial charge in [0, 0.05) is 27.5 Å². The summed E-state index contributed by atoms with van der Waals surface area (Å²) in [5.74, 6) is -0.286. The van der Waals surface area contributed by atoms with Crippen molar-refractivity contribution in [2.24, 2.45) is 5.73 Å². The van der Waals surface area contributed by atoms with Crippen molar-refractivity contribution < 1.29 is 4.79 Å². The van der Waals surface area contributed by atoms with Gasteiger partial charge in [-0.1, -0.05) is 12.1 Å². The molecular formula is C16H15N3O2. The van der Waals surface area contributed by atoms with Crippen LogP contribution in [0, 0.1) is 0 Å². The average Bonchev–Trinajstić information content (AvgIpc) is 2.48. The van der Waals surface area contributed by atoms with E-state index in [2.05, 4.69) is 10.3 Å². The van der Waals surface area contributed by atoms with Gasteiger partial charge in [0.25, 0.3) is 0 Å². The molecule has 4 N–H and O–H groups in total. The Morgan fingerprint density at radius 2 is 1.86 bits per heavy atom. The molecule has 0 aliphatic rings. The fourth-order valence-electron chi connectivity index (χ4n) is 2.26. The fraction of sp³-hybridized carbons (Fsp3) is 0.125. The summed E-state index contributed by atoms with van der Waals surface area (Å²) in [4.78, 5) is 27.3. The van der Waals surface area contributed by atoms with Crippen molar-refractivity contribution in [3.05, 3.63) is 52.7 Å². The van der Waals surface area contributed by atoms with Gasteiger partial charge in [-0.15, -0.1) is 0 Å². The minimum Gasteiger partial charge on any atom is -0.354 e. The molecule has 106 valence electrons. The van der Waals surface area contributed by atoms with Crippen molar-refractivity contribution >= 4 is 33.4 Å². The van der Waals surface area contributed by atoms with E-state index in [0.29, 0.717) is 16.5 Å². The lowest BCUT2D eigenvalue weighted by Crippen LogP contribution is -2.32. The number of benzene rings is 2. The molecular weight excluding hydrogens is 266 g/mol. The van der Waals surface area contributed by atoms with Gasteiger partial charge in [-0.2, -0.15) is 0 Å². The van der Waals surface area contributed by atoms with Crippen LogP contribution in [0.4, 0.5) is 5.69 Å². The van der Waals surface area contributed by atoms with E-state index in [1.807, 2.05) is 18.2 Å². The Bertz CT molecular complexity index is 897. The van der Waals surface area contributed by atoms with Crippen LogP contribution in [0.1, 0.15) is 6.92 Å². The summed E-state index contributed by atoms with van der Waals surface area (Å²) in [5, 5.41) is 3.86. The maximum absolute atomic E-state index is 12.5. The fourth-order valence-corrected chi connectivity index (χ4v) is 2.26. The number of hydrogen-bond donors (Lipinski definition) is 3. The Labute approximate surface area is 120 Å². The second kappa shape index (κ2) is 5.03. The Balaban J connectivity index is 2.17.